The van der Waals surface area contributed by atoms with E-state index in [-0.39, 0.29) is 11.8 Å². The summed E-state index contributed by atoms with van der Waals surface area (Å²) in [4.78, 5) is 30.8. The van der Waals surface area contributed by atoms with Crippen LogP contribution in [0.25, 0.3) is 60.9 Å². The van der Waals surface area contributed by atoms with Crippen LogP contribution in [0.5, 0.6) is 0 Å². The van der Waals surface area contributed by atoms with Crippen LogP contribution in [0.2, 0.25) is 0 Å². The molecule has 1 aromatic heterocycles. The number of carbonyl (C=O) groups excluding carboxylic acids is 2. The fourth-order valence-electron chi connectivity index (χ4n) is 8.08. The minimum atomic E-state index is -0.333. The van der Waals surface area contributed by atoms with Crippen LogP contribution in [-0.4, -0.2) is 16.4 Å². The van der Waals surface area contributed by atoms with E-state index in [1.807, 2.05) is 97.1 Å². The van der Waals surface area contributed by atoms with Gasteiger partial charge in [0.25, 0.3) is 11.8 Å². The lowest BCUT2D eigenvalue weighted by molar-refractivity contribution is 0.0926. The van der Waals surface area contributed by atoms with Gasteiger partial charge in [0.2, 0.25) is 0 Å². The van der Waals surface area contributed by atoms with E-state index in [0.717, 1.165) is 49.6 Å². The molecule has 51 heavy (non-hydrogen) atoms. The smallest absolute Gasteiger partial charge is 0.268 e. The first-order chi connectivity index (χ1) is 24.9. The number of imide groups is 1. The lowest BCUT2D eigenvalue weighted by atomic mass is 9.93. The number of carbonyl (C=O) groups is 2. The molecule has 0 aliphatic carbocycles. The summed E-state index contributed by atoms with van der Waals surface area (Å²) in [5.74, 6) is -0.660. The van der Waals surface area contributed by atoms with Gasteiger partial charge in [-0.1, -0.05) is 127 Å². The fourth-order valence-corrected chi connectivity index (χ4v) is 8.08. The lowest BCUT2D eigenvalue weighted by Crippen LogP contribution is -2.30. The molecular weight excluding hydrogens is 625 g/mol. The summed E-state index contributed by atoms with van der Waals surface area (Å²) in [5, 5.41) is 2.18. The number of hydrogen-bond donors (Lipinski definition) is 0. The molecule has 0 saturated heterocycles. The molecule has 0 atom stereocenters. The van der Waals surface area contributed by atoms with E-state index in [0.29, 0.717) is 22.5 Å². The van der Waals surface area contributed by atoms with E-state index >= 15 is 0 Å². The second kappa shape index (κ2) is 11.8. The van der Waals surface area contributed by atoms with Gasteiger partial charge in [-0.15, -0.1) is 0 Å². The van der Waals surface area contributed by atoms with Crippen molar-refractivity contribution in [1.82, 2.24) is 4.57 Å². The molecule has 0 N–H and O–H groups in total. The number of rotatable bonds is 5. The van der Waals surface area contributed by atoms with Gasteiger partial charge >= 0.3 is 0 Å². The third-order valence-electron chi connectivity index (χ3n) is 10.2. The van der Waals surface area contributed by atoms with Crippen molar-refractivity contribution in [2.75, 3.05) is 4.90 Å². The maximum atomic E-state index is 14.9. The highest BCUT2D eigenvalue weighted by Gasteiger charge is 2.40. The predicted octanol–water partition coefficient (Wildman–Crippen LogP) is 11.5. The van der Waals surface area contributed by atoms with Gasteiger partial charge < -0.3 is 4.57 Å². The molecule has 0 unspecified atom stereocenters. The monoisotopic (exact) mass is 658 g/mol. The molecule has 9 rings (SSSR count). The summed E-state index contributed by atoms with van der Waals surface area (Å²) in [6.07, 6.45) is 0. The first-order valence-corrected chi connectivity index (χ1v) is 17.3. The Balaban J connectivity index is 1.26. The topological polar surface area (TPSA) is 42.3 Å². The van der Waals surface area contributed by atoms with Crippen LogP contribution >= 0.6 is 0 Å². The zero-order chi connectivity index (χ0) is 34.8. The molecule has 4 nitrogen and oxygen atoms in total. The molecular formula is C47H34N2O2. The standard InChI is InChI=1S/C47H34N2O2/c1-29-25-30(2)44(31(3)26-29)35-22-24-38-37-17-10-11-19-40(37)48(43(38)28-35)41-20-12-18-39-45(41)47(51)49(46(39)50)42-27-34(32-13-6-4-7-14-32)21-23-36(42)33-15-8-5-9-16-33/h4-28H,1-3H3. The van der Waals surface area contributed by atoms with E-state index < -0.39 is 0 Å². The molecule has 7 aromatic carbocycles. The van der Waals surface area contributed by atoms with Crippen molar-refractivity contribution in [2.45, 2.75) is 20.8 Å². The van der Waals surface area contributed by atoms with Crippen molar-refractivity contribution < 1.29 is 9.59 Å². The van der Waals surface area contributed by atoms with Crippen molar-refractivity contribution in [1.29, 1.82) is 0 Å². The van der Waals surface area contributed by atoms with Crippen molar-refractivity contribution in [3.05, 3.63) is 179 Å². The second-order valence-corrected chi connectivity index (χ2v) is 13.5. The third-order valence-corrected chi connectivity index (χ3v) is 10.2. The highest BCUT2D eigenvalue weighted by Crippen LogP contribution is 2.42. The minimum absolute atomic E-state index is 0.327. The van der Waals surface area contributed by atoms with E-state index in [1.54, 1.807) is 6.07 Å². The van der Waals surface area contributed by atoms with Crippen LogP contribution in [0.4, 0.5) is 5.69 Å². The van der Waals surface area contributed by atoms with Crippen molar-refractivity contribution >= 4 is 39.3 Å². The van der Waals surface area contributed by atoms with Crippen LogP contribution in [0, 0.1) is 20.8 Å². The van der Waals surface area contributed by atoms with Crippen molar-refractivity contribution in [3.63, 3.8) is 0 Å². The van der Waals surface area contributed by atoms with Gasteiger partial charge in [0.15, 0.2) is 0 Å². The molecule has 0 spiro atoms. The Morgan fingerprint density at radius 3 is 1.80 bits per heavy atom. The molecule has 0 fully saturated rings. The Hall–Kier alpha value is -6.52. The van der Waals surface area contributed by atoms with E-state index in [1.165, 1.54) is 27.2 Å². The summed E-state index contributed by atoms with van der Waals surface area (Å²) in [7, 11) is 0. The molecule has 2 heterocycles. The first-order valence-electron chi connectivity index (χ1n) is 17.3. The number of para-hydroxylation sites is 1. The van der Waals surface area contributed by atoms with E-state index in [9.17, 15) is 9.59 Å². The number of anilines is 1. The summed E-state index contributed by atoms with van der Waals surface area (Å²) in [6.45, 7) is 6.45. The zero-order valence-corrected chi connectivity index (χ0v) is 28.6. The third kappa shape index (κ3) is 4.83. The maximum Gasteiger partial charge on any atom is 0.268 e. The van der Waals surface area contributed by atoms with Gasteiger partial charge in [-0.2, -0.15) is 0 Å². The number of benzene rings is 7. The summed E-state index contributed by atoms with van der Waals surface area (Å²) >= 11 is 0. The Labute approximate surface area is 296 Å². The normalized spacial score (nSPS) is 12.6. The van der Waals surface area contributed by atoms with Crippen LogP contribution in [-0.2, 0) is 0 Å². The SMILES string of the molecule is Cc1cc(C)c(-c2ccc3c4ccccc4n(-c4cccc5c4C(=O)N(c4cc(-c6ccccc6)ccc4-c4ccccc4)C5=O)c3c2)c(C)c1. The van der Waals surface area contributed by atoms with Gasteiger partial charge in [-0.05, 0) is 90.0 Å². The average molecular weight is 659 g/mol. The predicted molar refractivity (Wildman–Crippen MR) is 209 cm³/mol. The molecule has 2 amide bonds. The minimum Gasteiger partial charge on any atom is -0.308 e. The van der Waals surface area contributed by atoms with Crippen LogP contribution in [0.3, 0.4) is 0 Å². The zero-order valence-electron chi connectivity index (χ0n) is 28.6. The Bertz CT molecular complexity index is 2680. The average Bonchev–Trinajstić information content (AvgIpc) is 3.61. The lowest BCUT2D eigenvalue weighted by Gasteiger charge is -2.20. The summed E-state index contributed by atoms with van der Waals surface area (Å²) in [6, 6.07) is 51.0. The highest BCUT2D eigenvalue weighted by molar-refractivity contribution is 6.36. The Kier molecular flexibility index (Phi) is 7.08. The number of nitrogens with zero attached hydrogens (tertiary/aromatic N) is 2. The fraction of sp³-hybridized carbons (Fsp3) is 0.0638. The Morgan fingerprint density at radius 1 is 0.412 bits per heavy atom. The molecule has 0 radical (unpaired) electrons. The molecule has 4 heteroatoms. The van der Waals surface area contributed by atoms with Gasteiger partial charge in [0.05, 0.1) is 33.5 Å². The van der Waals surface area contributed by atoms with E-state index in [4.69, 9.17) is 0 Å². The van der Waals surface area contributed by atoms with Crippen LogP contribution in [0.1, 0.15) is 37.4 Å². The first kappa shape index (κ1) is 30.5. The van der Waals surface area contributed by atoms with Crippen LogP contribution in [0.15, 0.2) is 152 Å². The van der Waals surface area contributed by atoms with Gasteiger partial charge in [-0.25, -0.2) is 4.90 Å². The number of fused-ring (bicyclic) bond motifs is 4. The second-order valence-electron chi connectivity index (χ2n) is 13.5. The van der Waals surface area contributed by atoms with Crippen LogP contribution < -0.4 is 4.90 Å². The number of hydrogen-bond acceptors (Lipinski definition) is 2. The van der Waals surface area contributed by atoms with Gasteiger partial charge in [0, 0.05) is 16.3 Å². The molecule has 1 aliphatic rings. The molecule has 0 bridgehead atoms. The summed E-state index contributed by atoms with van der Waals surface area (Å²) in [5.41, 5.74) is 13.7. The molecule has 8 aromatic rings. The largest absolute Gasteiger partial charge is 0.308 e. The highest BCUT2D eigenvalue weighted by atomic mass is 16.2. The van der Waals surface area contributed by atoms with E-state index in [2.05, 4.69) is 73.9 Å². The number of aromatic nitrogens is 1. The number of amides is 2. The maximum absolute atomic E-state index is 14.9. The van der Waals surface area contributed by atoms with Gasteiger partial charge in [0.1, 0.15) is 0 Å². The molecule has 244 valence electrons. The number of aryl methyl sites for hydroxylation is 3. The van der Waals surface area contributed by atoms with Crippen molar-refractivity contribution in [2.24, 2.45) is 0 Å². The van der Waals surface area contributed by atoms with Gasteiger partial charge in [-0.3, -0.25) is 9.59 Å². The molecule has 0 saturated carbocycles. The quantitative estimate of drug-likeness (QED) is 0.173. The summed E-state index contributed by atoms with van der Waals surface area (Å²) < 4.78 is 2.17. The van der Waals surface area contributed by atoms with Crippen molar-refractivity contribution in [3.8, 4) is 39.1 Å². The molecule has 1 aliphatic heterocycles. The Morgan fingerprint density at radius 2 is 1.06 bits per heavy atom.